The zero-order valence-corrected chi connectivity index (χ0v) is 14.9. The summed E-state index contributed by atoms with van der Waals surface area (Å²) >= 11 is 0. The van der Waals surface area contributed by atoms with Gasteiger partial charge in [-0.15, -0.1) is 0 Å². The number of nitrogens with one attached hydrogen (secondary N) is 1. The summed E-state index contributed by atoms with van der Waals surface area (Å²) in [6, 6.07) is 10.3. The Balaban J connectivity index is 0.000000237. The highest BCUT2D eigenvalue weighted by atomic mass is 19.1. The van der Waals surface area contributed by atoms with Gasteiger partial charge in [-0.05, 0) is 49.4 Å². The average Bonchev–Trinajstić information content (AvgIpc) is 2.69. The van der Waals surface area contributed by atoms with E-state index in [-0.39, 0.29) is 29.3 Å². The number of hydrogen-bond donors (Lipinski definition) is 2. The van der Waals surface area contributed by atoms with Gasteiger partial charge >= 0.3 is 0 Å². The maximum Gasteiger partial charge on any atom is 0.287 e. The largest absolute Gasteiger partial charge is 0.428 e. The van der Waals surface area contributed by atoms with Gasteiger partial charge in [-0.25, -0.2) is 18.8 Å². The lowest BCUT2D eigenvalue weighted by atomic mass is 10.2. The molecule has 1 aromatic carbocycles. The minimum absolute atomic E-state index is 0.0441. The van der Waals surface area contributed by atoms with Gasteiger partial charge in [-0.1, -0.05) is 0 Å². The Kier molecular flexibility index (Phi) is 7.16. The van der Waals surface area contributed by atoms with Crippen LogP contribution in [-0.2, 0) is 4.74 Å². The number of nitrogens with two attached hydrogens (primary N) is 1. The SMILES string of the molecule is C[C@H]1C=C(CF)OC(N)=N1.N#Cc1ccc(C(=O)Nc2ccc(F)cc2)nc1. The second-order valence-corrected chi connectivity index (χ2v) is 5.58. The fourth-order valence-electron chi connectivity index (χ4n) is 2.10. The molecule has 2 aromatic rings. The number of nitrogens with zero attached hydrogens (tertiary/aromatic N) is 3. The minimum Gasteiger partial charge on any atom is -0.428 e. The molecule has 0 aliphatic carbocycles. The van der Waals surface area contributed by atoms with Gasteiger partial charge in [0.05, 0.1) is 11.6 Å². The van der Waals surface area contributed by atoms with Crippen LogP contribution in [0.5, 0.6) is 0 Å². The van der Waals surface area contributed by atoms with Gasteiger partial charge in [0.15, 0.2) is 0 Å². The number of halogens is 2. The number of hydrogen-bond acceptors (Lipinski definition) is 6. The van der Waals surface area contributed by atoms with Gasteiger partial charge in [0.1, 0.15) is 30.0 Å². The van der Waals surface area contributed by atoms with E-state index < -0.39 is 12.6 Å². The number of aromatic nitrogens is 1. The van der Waals surface area contributed by atoms with Gasteiger partial charge in [-0.3, -0.25) is 4.79 Å². The summed E-state index contributed by atoms with van der Waals surface area (Å²) < 4.78 is 29.3. The number of amides is 1. The Bertz CT molecular complexity index is 919. The Hall–Kier alpha value is -3.80. The molecular formula is C19H17F2N5O2. The molecule has 0 spiro atoms. The lowest BCUT2D eigenvalue weighted by molar-refractivity contribution is 0.102. The number of carbonyl (C=O) groups is 1. The van der Waals surface area contributed by atoms with Crippen molar-refractivity contribution in [3.8, 4) is 6.07 Å². The van der Waals surface area contributed by atoms with E-state index in [4.69, 9.17) is 15.7 Å². The first kappa shape index (κ1) is 20.5. The molecule has 3 rings (SSSR count). The molecule has 28 heavy (non-hydrogen) atoms. The molecule has 2 heterocycles. The maximum absolute atomic E-state index is 12.7. The molecule has 1 aliphatic rings. The summed E-state index contributed by atoms with van der Waals surface area (Å²) in [4.78, 5) is 19.4. The van der Waals surface area contributed by atoms with E-state index in [1.54, 1.807) is 6.08 Å². The summed E-state index contributed by atoms with van der Waals surface area (Å²) in [5.41, 5.74) is 6.27. The first-order valence-electron chi connectivity index (χ1n) is 8.12. The smallest absolute Gasteiger partial charge is 0.287 e. The van der Waals surface area contributed by atoms with Crippen molar-refractivity contribution in [2.75, 3.05) is 12.0 Å². The third kappa shape index (κ3) is 6.17. The molecule has 0 fully saturated rings. The monoisotopic (exact) mass is 385 g/mol. The molecule has 0 bridgehead atoms. The molecule has 0 radical (unpaired) electrons. The van der Waals surface area contributed by atoms with E-state index >= 15 is 0 Å². The van der Waals surface area contributed by atoms with Crippen LogP contribution < -0.4 is 11.1 Å². The van der Waals surface area contributed by atoms with Gasteiger partial charge in [0.25, 0.3) is 11.9 Å². The van der Waals surface area contributed by atoms with Gasteiger partial charge in [-0.2, -0.15) is 5.26 Å². The summed E-state index contributed by atoms with van der Waals surface area (Å²) in [7, 11) is 0. The lowest BCUT2D eigenvalue weighted by Crippen LogP contribution is -2.23. The van der Waals surface area contributed by atoms with Crippen molar-refractivity contribution in [3.63, 3.8) is 0 Å². The van der Waals surface area contributed by atoms with Crippen LogP contribution in [0.1, 0.15) is 23.0 Å². The number of rotatable bonds is 3. The highest BCUT2D eigenvalue weighted by Crippen LogP contribution is 2.10. The Morgan fingerprint density at radius 2 is 2.04 bits per heavy atom. The highest BCUT2D eigenvalue weighted by molar-refractivity contribution is 6.02. The van der Waals surface area contributed by atoms with Crippen LogP contribution in [0, 0.1) is 17.1 Å². The van der Waals surface area contributed by atoms with Crippen molar-refractivity contribution in [2.45, 2.75) is 13.0 Å². The normalized spacial score (nSPS) is 15.0. The van der Waals surface area contributed by atoms with E-state index in [1.807, 2.05) is 13.0 Å². The minimum atomic E-state index is -0.624. The van der Waals surface area contributed by atoms with Gasteiger partial charge < -0.3 is 15.8 Å². The molecule has 3 N–H and O–H groups in total. The Morgan fingerprint density at radius 1 is 1.32 bits per heavy atom. The number of carbonyl (C=O) groups excluding carboxylic acids is 1. The summed E-state index contributed by atoms with van der Waals surface area (Å²) in [6.45, 7) is 1.19. The molecule has 0 unspecified atom stereocenters. The molecule has 1 amide bonds. The summed E-state index contributed by atoms with van der Waals surface area (Å²) in [5.74, 6) is -0.532. The van der Waals surface area contributed by atoms with Crippen molar-refractivity contribution >= 4 is 17.6 Å². The Labute approximate surface area is 160 Å². The van der Waals surface area contributed by atoms with Crippen LogP contribution in [0.4, 0.5) is 14.5 Å². The predicted octanol–water partition coefficient (Wildman–Crippen LogP) is 2.92. The van der Waals surface area contributed by atoms with E-state index in [0.29, 0.717) is 11.3 Å². The van der Waals surface area contributed by atoms with Crippen LogP contribution in [0.3, 0.4) is 0 Å². The van der Waals surface area contributed by atoms with Gasteiger partial charge in [0.2, 0.25) is 0 Å². The molecule has 0 saturated carbocycles. The van der Waals surface area contributed by atoms with E-state index in [1.165, 1.54) is 42.6 Å². The van der Waals surface area contributed by atoms with Crippen LogP contribution in [0.15, 0.2) is 59.4 Å². The number of nitriles is 1. The molecule has 1 aromatic heterocycles. The zero-order valence-electron chi connectivity index (χ0n) is 14.9. The quantitative estimate of drug-likeness (QED) is 0.843. The Morgan fingerprint density at radius 3 is 2.57 bits per heavy atom. The van der Waals surface area contributed by atoms with Crippen molar-refractivity contribution in [2.24, 2.45) is 10.7 Å². The molecule has 0 saturated heterocycles. The number of ether oxygens (including phenoxy) is 1. The van der Waals surface area contributed by atoms with Gasteiger partial charge in [0, 0.05) is 11.9 Å². The first-order chi connectivity index (χ1) is 13.4. The average molecular weight is 385 g/mol. The van der Waals surface area contributed by atoms with E-state index in [0.717, 1.165) is 0 Å². The first-order valence-corrected chi connectivity index (χ1v) is 8.12. The molecule has 7 nitrogen and oxygen atoms in total. The molecule has 1 aliphatic heterocycles. The zero-order chi connectivity index (χ0) is 20.5. The maximum atomic E-state index is 12.7. The van der Waals surface area contributed by atoms with Crippen molar-refractivity contribution in [3.05, 3.63) is 71.5 Å². The predicted molar refractivity (Wildman–Crippen MR) is 99.5 cm³/mol. The molecule has 9 heteroatoms. The fraction of sp³-hybridized carbons (Fsp3) is 0.158. The third-order valence-electron chi connectivity index (χ3n) is 3.35. The number of aliphatic imine (C=N–C) groups is 1. The van der Waals surface area contributed by atoms with Crippen LogP contribution in [0.2, 0.25) is 0 Å². The third-order valence-corrected chi connectivity index (χ3v) is 3.35. The lowest BCUT2D eigenvalue weighted by Gasteiger charge is -2.13. The number of allylic oxidation sites excluding steroid dienone is 1. The second-order valence-electron chi connectivity index (χ2n) is 5.58. The molecular weight excluding hydrogens is 368 g/mol. The fourth-order valence-corrected chi connectivity index (χ4v) is 2.10. The topological polar surface area (TPSA) is 113 Å². The molecule has 144 valence electrons. The molecule has 1 atom stereocenters. The van der Waals surface area contributed by atoms with E-state index in [2.05, 4.69) is 15.3 Å². The van der Waals surface area contributed by atoms with Crippen LogP contribution >= 0.6 is 0 Å². The number of anilines is 1. The van der Waals surface area contributed by atoms with Crippen molar-refractivity contribution in [1.29, 1.82) is 5.26 Å². The summed E-state index contributed by atoms with van der Waals surface area (Å²) in [5, 5.41) is 11.2. The highest BCUT2D eigenvalue weighted by Gasteiger charge is 2.10. The van der Waals surface area contributed by atoms with Crippen LogP contribution in [0.25, 0.3) is 0 Å². The van der Waals surface area contributed by atoms with Crippen LogP contribution in [-0.4, -0.2) is 29.6 Å². The van der Waals surface area contributed by atoms with Crippen molar-refractivity contribution < 1.29 is 18.3 Å². The van der Waals surface area contributed by atoms with Crippen molar-refractivity contribution in [1.82, 2.24) is 4.98 Å². The second kappa shape index (κ2) is 9.78. The number of amidine groups is 1. The standard InChI is InChI=1S/C13H8FN3O.C6H9FN2O/c14-10-2-4-11(5-3-10)17-13(18)12-6-1-9(7-15)8-16-12;1-4-2-5(3-7)10-6(8)9-4/h1-6,8H,(H,17,18);2,4H,3H2,1H3,(H2,8,9)/t;4-/m.0/s1. The number of pyridine rings is 1. The van der Waals surface area contributed by atoms with E-state index in [9.17, 15) is 13.6 Å². The number of alkyl halides is 1. The number of benzene rings is 1. The summed E-state index contributed by atoms with van der Waals surface area (Å²) in [6.07, 6.45) is 2.91.